The van der Waals surface area contributed by atoms with E-state index in [4.69, 9.17) is 6.42 Å². The van der Waals surface area contributed by atoms with Crippen LogP contribution in [-0.2, 0) is 22.5 Å². The van der Waals surface area contributed by atoms with Crippen LogP contribution in [0.1, 0.15) is 25.1 Å². The molecule has 1 aliphatic rings. The minimum absolute atomic E-state index is 0.117. The van der Waals surface area contributed by atoms with Gasteiger partial charge >= 0.3 is 5.97 Å². The molecule has 1 heterocycles. The van der Waals surface area contributed by atoms with E-state index in [2.05, 4.69) is 30.6 Å². The van der Waals surface area contributed by atoms with E-state index in [1.807, 2.05) is 18.3 Å². The van der Waals surface area contributed by atoms with Crippen LogP contribution in [0.4, 0.5) is 0 Å². The van der Waals surface area contributed by atoms with Gasteiger partial charge in [0.2, 0.25) is 0 Å². The predicted molar refractivity (Wildman–Crippen MR) is 83.6 cm³/mol. The molecule has 2 rings (SSSR count). The first-order valence-electron chi connectivity index (χ1n) is 7.23. The van der Waals surface area contributed by atoms with Crippen molar-refractivity contribution in [1.29, 1.82) is 5.26 Å². The molecule has 0 aromatic carbocycles. The van der Waals surface area contributed by atoms with Crippen LogP contribution in [0.2, 0.25) is 0 Å². The number of rotatable bonds is 5. The second-order valence-electron chi connectivity index (χ2n) is 6.17. The standard InChI is InChI=1S/C18H20N2O2/c1-5-9-20-10-8-13(16(20)12-19)11-15-14(18(15,2)3)6-7-17(21)22-4/h1,6-8,10,14-15H,9,11H2,2-4H3/b7-6-/t14?,15-/m1/s1. The average molecular weight is 296 g/mol. The van der Waals surface area contributed by atoms with Gasteiger partial charge < -0.3 is 9.30 Å². The largest absolute Gasteiger partial charge is 0.466 e. The molecule has 0 saturated heterocycles. The Labute approximate surface area is 131 Å². The van der Waals surface area contributed by atoms with E-state index in [1.54, 1.807) is 4.57 Å². The lowest BCUT2D eigenvalue weighted by molar-refractivity contribution is -0.134. The van der Waals surface area contributed by atoms with Crippen molar-refractivity contribution in [3.8, 4) is 18.4 Å². The van der Waals surface area contributed by atoms with Crippen molar-refractivity contribution in [1.82, 2.24) is 4.57 Å². The third-order valence-corrected chi connectivity index (χ3v) is 4.63. The molecular formula is C18H20N2O2. The van der Waals surface area contributed by atoms with Crippen molar-refractivity contribution in [2.75, 3.05) is 7.11 Å². The van der Waals surface area contributed by atoms with Crippen LogP contribution in [-0.4, -0.2) is 17.6 Å². The van der Waals surface area contributed by atoms with Crippen LogP contribution in [0.5, 0.6) is 0 Å². The highest BCUT2D eigenvalue weighted by atomic mass is 16.5. The number of hydrogen-bond donors (Lipinski definition) is 0. The number of nitrogens with zero attached hydrogens (tertiary/aromatic N) is 2. The Morgan fingerprint density at radius 2 is 2.32 bits per heavy atom. The predicted octanol–water partition coefficient (Wildman–Crippen LogP) is 2.54. The zero-order valence-electron chi connectivity index (χ0n) is 13.2. The van der Waals surface area contributed by atoms with Gasteiger partial charge in [0.05, 0.1) is 13.7 Å². The molecule has 1 unspecified atom stereocenters. The van der Waals surface area contributed by atoms with E-state index in [-0.39, 0.29) is 11.4 Å². The first-order chi connectivity index (χ1) is 10.5. The summed E-state index contributed by atoms with van der Waals surface area (Å²) in [6, 6.07) is 4.20. The minimum Gasteiger partial charge on any atom is -0.466 e. The number of hydrogen-bond acceptors (Lipinski definition) is 3. The van der Waals surface area contributed by atoms with Crippen molar-refractivity contribution in [3.63, 3.8) is 0 Å². The number of terminal acetylenes is 1. The molecule has 1 aromatic heterocycles. The molecule has 1 aliphatic carbocycles. The van der Waals surface area contributed by atoms with Gasteiger partial charge in [-0.2, -0.15) is 5.26 Å². The minimum atomic E-state index is -0.334. The van der Waals surface area contributed by atoms with Crippen molar-refractivity contribution in [2.45, 2.75) is 26.8 Å². The smallest absolute Gasteiger partial charge is 0.330 e. The number of allylic oxidation sites excluding steroid dienone is 1. The molecule has 1 saturated carbocycles. The molecule has 2 atom stereocenters. The second-order valence-corrected chi connectivity index (χ2v) is 6.17. The molecule has 0 bridgehead atoms. The van der Waals surface area contributed by atoms with Gasteiger partial charge in [-0.25, -0.2) is 4.79 Å². The number of esters is 1. The highest BCUT2D eigenvalue weighted by molar-refractivity contribution is 5.81. The molecule has 0 amide bonds. The first kappa shape index (κ1) is 15.9. The van der Waals surface area contributed by atoms with Crippen LogP contribution in [0.15, 0.2) is 24.4 Å². The molecule has 4 nitrogen and oxygen atoms in total. The molecule has 22 heavy (non-hydrogen) atoms. The summed E-state index contributed by atoms with van der Waals surface area (Å²) in [5.74, 6) is 2.94. The zero-order valence-corrected chi connectivity index (χ0v) is 13.2. The van der Waals surface area contributed by atoms with Crippen molar-refractivity contribution in [3.05, 3.63) is 35.7 Å². The van der Waals surface area contributed by atoms with Crippen LogP contribution in [0.3, 0.4) is 0 Å². The summed E-state index contributed by atoms with van der Waals surface area (Å²) >= 11 is 0. The Kier molecular flexibility index (Phi) is 4.43. The summed E-state index contributed by atoms with van der Waals surface area (Å²) in [6.45, 7) is 4.76. The van der Waals surface area contributed by atoms with Gasteiger partial charge in [0.15, 0.2) is 0 Å². The Balaban J connectivity index is 2.12. The summed E-state index contributed by atoms with van der Waals surface area (Å²) in [6.07, 6.45) is 11.4. The first-order valence-corrected chi connectivity index (χ1v) is 7.23. The fourth-order valence-electron chi connectivity index (χ4n) is 3.09. The number of ether oxygens (including phenoxy) is 1. The Morgan fingerprint density at radius 1 is 1.59 bits per heavy atom. The number of methoxy groups -OCH3 is 1. The third-order valence-electron chi connectivity index (χ3n) is 4.63. The summed E-state index contributed by atoms with van der Waals surface area (Å²) in [7, 11) is 1.37. The van der Waals surface area contributed by atoms with E-state index in [0.717, 1.165) is 12.0 Å². The third kappa shape index (κ3) is 2.92. The average Bonchev–Trinajstić information content (AvgIpc) is 2.82. The lowest BCUT2D eigenvalue weighted by Gasteiger charge is -2.03. The summed E-state index contributed by atoms with van der Waals surface area (Å²) < 4.78 is 6.42. The van der Waals surface area contributed by atoms with Crippen molar-refractivity contribution < 1.29 is 9.53 Å². The Morgan fingerprint density at radius 3 is 2.91 bits per heavy atom. The topological polar surface area (TPSA) is 55.0 Å². The zero-order chi connectivity index (χ0) is 16.3. The summed E-state index contributed by atoms with van der Waals surface area (Å²) in [5, 5.41) is 9.34. The maximum absolute atomic E-state index is 11.2. The number of carbonyl (C=O) groups excluding carboxylic acids is 1. The number of aromatic nitrogens is 1. The van der Waals surface area contributed by atoms with Crippen LogP contribution in [0, 0.1) is 40.9 Å². The van der Waals surface area contributed by atoms with Gasteiger partial charge in [-0.05, 0) is 35.3 Å². The van der Waals surface area contributed by atoms with E-state index in [0.29, 0.717) is 24.1 Å². The normalized spacial score (nSPS) is 22.0. The lowest BCUT2D eigenvalue weighted by atomic mass is 10.0. The fourth-order valence-corrected chi connectivity index (χ4v) is 3.09. The fraction of sp³-hybridized carbons (Fsp3) is 0.444. The molecule has 0 radical (unpaired) electrons. The Hall–Kier alpha value is -2.46. The van der Waals surface area contributed by atoms with E-state index in [9.17, 15) is 10.1 Å². The molecule has 4 heteroatoms. The van der Waals surface area contributed by atoms with Gasteiger partial charge in [0, 0.05) is 12.3 Å². The maximum Gasteiger partial charge on any atom is 0.330 e. The molecule has 1 fully saturated rings. The highest BCUT2D eigenvalue weighted by Crippen LogP contribution is 2.60. The molecule has 1 aromatic rings. The van der Waals surface area contributed by atoms with Gasteiger partial charge in [-0.1, -0.05) is 25.8 Å². The molecule has 0 spiro atoms. The highest BCUT2D eigenvalue weighted by Gasteiger charge is 2.55. The van der Waals surface area contributed by atoms with Gasteiger partial charge in [-0.15, -0.1) is 6.42 Å². The maximum atomic E-state index is 11.2. The monoisotopic (exact) mass is 296 g/mol. The van der Waals surface area contributed by atoms with E-state index in [1.165, 1.54) is 13.2 Å². The Bertz CT molecular complexity index is 683. The molecule has 0 aliphatic heterocycles. The van der Waals surface area contributed by atoms with E-state index < -0.39 is 0 Å². The quantitative estimate of drug-likeness (QED) is 0.476. The SMILES string of the molecule is C#CCn1ccc(C[C@@H]2C(/C=C\C(=O)OC)C2(C)C)c1C#N. The van der Waals surface area contributed by atoms with Crippen LogP contribution < -0.4 is 0 Å². The van der Waals surface area contributed by atoms with Crippen molar-refractivity contribution >= 4 is 5.97 Å². The van der Waals surface area contributed by atoms with Crippen molar-refractivity contribution in [2.24, 2.45) is 17.3 Å². The molecule has 0 N–H and O–H groups in total. The van der Waals surface area contributed by atoms with Gasteiger partial charge in [0.1, 0.15) is 11.8 Å². The molecular weight excluding hydrogens is 276 g/mol. The lowest BCUT2D eigenvalue weighted by Crippen LogP contribution is -2.01. The summed E-state index contributed by atoms with van der Waals surface area (Å²) in [5.41, 5.74) is 1.77. The van der Waals surface area contributed by atoms with Gasteiger partial charge in [-0.3, -0.25) is 0 Å². The second kappa shape index (κ2) is 6.12. The van der Waals surface area contributed by atoms with E-state index >= 15 is 0 Å². The number of nitriles is 1. The summed E-state index contributed by atoms with van der Waals surface area (Å²) in [4.78, 5) is 11.2. The van der Waals surface area contributed by atoms with Crippen LogP contribution >= 0.6 is 0 Å². The molecule has 114 valence electrons. The number of carbonyl (C=O) groups is 1. The van der Waals surface area contributed by atoms with Crippen LogP contribution in [0.25, 0.3) is 0 Å². The van der Waals surface area contributed by atoms with Gasteiger partial charge in [0.25, 0.3) is 0 Å².